The molecular weight excluding hydrogens is 419 g/mol. The quantitative estimate of drug-likeness (QED) is 0.287. The molecule has 0 bridgehead atoms. The fourth-order valence-electron chi connectivity index (χ4n) is 2.33. The summed E-state index contributed by atoms with van der Waals surface area (Å²) in [6.45, 7) is 5.42. The average molecular weight is 445 g/mol. The van der Waals surface area contributed by atoms with E-state index in [-0.39, 0.29) is 13.1 Å². The summed E-state index contributed by atoms with van der Waals surface area (Å²) in [4.78, 5) is 17.0. The van der Waals surface area contributed by atoms with Crippen molar-refractivity contribution in [3.63, 3.8) is 0 Å². The van der Waals surface area contributed by atoms with Gasteiger partial charge >= 0.3 is 6.09 Å². The lowest BCUT2D eigenvalue weighted by molar-refractivity contribution is 0.0419. The Bertz CT molecular complexity index is 952. The predicted octanol–water partition coefficient (Wildman–Crippen LogP) is 3.62. The summed E-state index contributed by atoms with van der Waals surface area (Å²) < 4.78 is 19.5. The highest BCUT2D eigenvalue weighted by molar-refractivity contribution is 7.97. The molecule has 2 rings (SSSR count). The third-order valence-corrected chi connectivity index (χ3v) is 4.63. The molecule has 0 aliphatic rings. The summed E-state index contributed by atoms with van der Waals surface area (Å²) in [5, 5.41) is 10.4. The van der Waals surface area contributed by atoms with Gasteiger partial charge in [-0.3, -0.25) is 4.98 Å². The highest BCUT2D eigenvalue weighted by Gasteiger charge is 2.23. The molecule has 0 saturated heterocycles. The number of halogens is 1. The number of pyridine rings is 1. The van der Waals surface area contributed by atoms with E-state index in [1.807, 2.05) is 6.07 Å². The Labute approximate surface area is 185 Å². The Hall–Kier alpha value is -3.29. The molecule has 0 fully saturated rings. The minimum Gasteiger partial charge on any atom is -0.443 e. The van der Waals surface area contributed by atoms with Gasteiger partial charge in [-0.15, -0.1) is 0 Å². The minimum atomic E-state index is -0.661. The highest BCUT2D eigenvalue weighted by Crippen LogP contribution is 2.26. The van der Waals surface area contributed by atoms with Gasteiger partial charge in [-0.05, 0) is 62.5 Å². The van der Waals surface area contributed by atoms with Gasteiger partial charge in [0.05, 0.1) is 30.2 Å². The number of nitrogens with two attached hydrogens (primary N) is 2. The Balaban J connectivity index is 2.03. The summed E-state index contributed by atoms with van der Waals surface area (Å²) in [5.41, 5.74) is 7.19. The maximum Gasteiger partial charge on any atom is 0.421 e. The molecule has 0 atom stereocenters. The van der Waals surface area contributed by atoms with E-state index in [2.05, 4.69) is 4.98 Å². The van der Waals surface area contributed by atoms with Gasteiger partial charge in [0.2, 0.25) is 0 Å². The van der Waals surface area contributed by atoms with Crippen molar-refractivity contribution in [2.45, 2.75) is 37.8 Å². The first-order valence-corrected chi connectivity index (χ1v) is 10.1. The highest BCUT2D eigenvalue weighted by atomic mass is 32.2. The van der Waals surface area contributed by atoms with Gasteiger partial charge in [0.15, 0.2) is 0 Å². The van der Waals surface area contributed by atoms with Crippen LogP contribution in [0.5, 0.6) is 0 Å². The molecule has 4 N–H and O–H groups in total. The van der Waals surface area contributed by atoms with Crippen LogP contribution in [-0.4, -0.2) is 32.5 Å². The minimum absolute atomic E-state index is 0.122. The maximum atomic E-state index is 12.9. The molecule has 31 heavy (non-hydrogen) atoms. The van der Waals surface area contributed by atoms with Gasteiger partial charge in [-0.1, -0.05) is 12.1 Å². The zero-order valence-corrected chi connectivity index (χ0v) is 18.4. The van der Waals surface area contributed by atoms with Crippen molar-refractivity contribution < 1.29 is 13.9 Å². The lowest BCUT2D eigenvalue weighted by Crippen LogP contribution is -2.32. The first-order chi connectivity index (χ1) is 14.6. The first-order valence-electron chi connectivity index (χ1n) is 9.32. The Morgan fingerprint density at radius 1 is 1.29 bits per heavy atom. The normalized spacial score (nSPS) is 11.5. The second-order valence-electron chi connectivity index (χ2n) is 7.52. The van der Waals surface area contributed by atoms with Gasteiger partial charge in [-0.25, -0.2) is 19.3 Å². The number of hydrazine groups is 1. The maximum absolute atomic E-state index is 12.9. The number of rotatable bonds is 7. The van der Waals surface area contributed by atoms with Crippen LogP contribution in [0.15, 0.2) is 53.7 Å². The number of benzene rings is 1. The van der Waals surface area contributed by atoms with Crippen molar-refractivity contribution in [2.24, 2.45) is 11.6 Å². The summed E-state index contributed by atoms with van der Waals surface area (Å²) in [7, 11) is 0. The molecule has 1 aromatic carbocycles. The summed E-state index contributed by atoms with van der Waals surface area (Å²) >= 11 is 1.10. The van der Waals surface area contributed by atoms with Gasteiger partial charge in [-0.2, -0.15) is 5.26 Å². The van der Waals surface area contributed by atoms with Crippen LogP contribution in [0.4, 0.5) is 9.18 Å². The molecule has 0 aliphatic heterocycles. The van der Waals surface area contributed by atoms with Gasteiger partial charge < -0.3 is 15.5 Å². The van der Waals surface area contributed by atoms with Crippen molar-refractivity contribution in [3.8, 4) is 6.07 Å². The first kappa shape index (κ1) is 24.0. The zero-order chi connectivity index (χ0) is 23.0. The number of hydrogen-bond acceptors (Lipinski definition) is 8. The second kappa shape index (κ2) is 10.7. The van der Waals surface area contributed by atoms with Crippen LogP contribution in [0.2, 0.25) is 0 Å². The number of amides is 1. The smallest absolute Gasteiger partial charge is 0.421 e. The molecule has 1 heterocycles. The van der Waals surface area contributed by atoms with Crippen molar-refractivity contribution in [1.29, 1.82) is 5.26 Å². The predicted molar refractivity (Wildman–Crippen MR) is 117 cm³/mol. The molecular formula is C21H25FN6O2S. The van der Waals surface area contributed by atoms with E-state index in [0.29, 0.717) is 11.4 Å². The van der Waals surface area contributed by atoms with E-state index in [9.17, 15) is 9.18 Å². The van der Waals surface area contributed by atoms with E-state index in [1.54, 1.807) is 57.3 Å². The number of nitriles is 1. The third kappa shape index (κ3) is 8.16. The lowest BCUT2D eigenvalue weighted by atomic mass is 10.2. The number of carbonyl (C=O) groups is 1. The van der Waals surface area contributed by atoms with E-state index < -0.39 is 17.5 Å². The summed E-state index contributed by atoms with van der Waals surface area (Å²) in [6, 6.07) is 11.9. The SMILES string of the molecule is CC(C)(C)OC(=O)N(CC#N)Sc1ccc(/C(N)=C/N(N)Cc2ccc(F)cn2)cc1. The average Bonchev–Trinajstić information content (AvgIpc) is 2.68. The number of ether oxygens (including phenoxy) is 1. The largest absolute Gasteiger partial charge is 0.443 e. The molecule has 164 valence electrons. The van der Waals surface area contributed by atoms with Crippen molar-refractivity contribution in [1.82, 2.24) is 14.3 Å². The molecule has 2 aromatic rings. The molecule has 1 aromatic heterocycles. The van der Waals surface area contributed by atoms with Crippen LogP contribution >= 0.6 is 11.9 Å². The van der Waals surface area contributed by atoms with E-state index in [1.165, 1.54) is 15.4 Å². The van der Waals surface area contributed by atoms with Crippen LogP contribution in [0, 0.1) is 17.1 Å². The number of hydrogen-bond donors (Lipinski definition) is 2. The zero-order valence-electron chi connectivity index (χ0n) is 17.6. The third-order valence-electron chi connectivity index (χ3n) is 3.65. The molecule has 0 spiro atoms. The van der Waals surface area contributed by atoms with E-state index >= 15 is 0 Å². The van der Waals surface area contributed by atoms with Gasteiger partial charge in [0.25, 0.3) is 0 Å². The van der Waals surface area contributed by atoms with Gasteiger partial charge in [0, 0.05) is 11.1 Å². The lowest BCUT2D eigenvalue weighted by Gasteiger charge is -2.24. The van der Waals surface area contributed by atoms with Crippen molar-refractivity contribution in [2.75, 3.05) is 6.54 Å². The monoisotopic (exact) mass is 444 g/mol. The summed E-state index contributed by atoms with van der Waals surface area (Å²) in [5.74, 6) is 5.53. The molecule has 0 aliphatic carbocycles. The fourth-order valence-corrected chi connectivity index (χ4v) is 3.08. The standard InChI is InChI=1S/C21H25FN6O2S/c1-21(2,3)30-20(29)28(11-10-23)31-18-8-4-15(5-9-18)19(24)14-27(25)13-17-7-6-16(22)12-26-17/h4-9,12,14H,11,13,24-25H2,1-3H3/b19-14-. The van der Waals surface area contributed by atoms with Crippen LogP contribution in [0.3, 0.4) is 0 Å². The molecule has 8 nitrogen and oxygen atoms in total. The molecule has 0 saturated carbocycles. The van der Waals surface area contributed by atoms with Crippen LogP contribution in [-0.2, 0) is 11.3 Å². The Morgan fingerprint density at radius 3 is 2.52 bits per heavy atom. The second-order valence-corrected chi connectivity index (χ2v) is 8.61. The number of carbonyl (C=O) groups excluding carboxylic acids is 1. The van der Waals surface area contributed by atoms with Crippen LogP contribution < -0.4 is 11.6 Å². The molecule has 1 amide bonds. The molecule has 0 radical (unpaired) electrons. The topological polar surface area (TPSA) is 121 Å². The Kier molecular flexibility index (Phi) is 8.24. The van der Waals surface area contributed by atoms with Crippen LogP contribution in [0.25, 0.3) is 5.70 Å². The van der Waals surface area contributed by atoms with E-state index in [0.717, 1.165) is 28.6 Å². The van der Waals surface area contributed by atoms with Gasteiger partial charge in [0.1, 0.15) is 18.0 Å². The number of aromatic nitrogens is 1. The van der Waals surface area contributed by atoms with E-state index in [4.69, 9.17) is 21.6 Å². The van der Waals surface area contributed by atoms with Crippen molar-refractivity contribution >= 4 is 23.7 Å². The van der Waals surface area contributed by atoms with Crippen LogP contribution in [0.1, 0.15) is 32.0 Å². The summed E-state index contributed by atoms with van der Waals surface area (Å²) in [6.07, 6.45) is 2.09. The number of nitrogens with zero attached hydrogens (tertiary/aromatic N) is 4. The Morgan fingerprint density at radius 2 is 1.97 bits per heavy atom. The van der Waals surface area contributed by atoms with Crippen molar-refractivity contribution in [3.05, 3.63) is 65.9 Å². The fraction of sp³-hybridized carbons (Fsp3) is 0.286. The molecule has 10 heteroatoms. The molecule has 0 unspecified atom stereocenters.